The second kappa shape index (κ2) is 37.5. The van der Waals surface area contributed by atoms with E-state index in [1.54, 1.807) is 0 Å². The van der Waals surface area contributed by atoms with Crippen molar-refractivity contribution in [3.63, 3.8) is 0 Å². The summed E-state index contributed by atoms with van der Waals surface area (Å²) in [5.74, 6) is 0.164. The average Bonchev–Trinajstić information content (AvgIpc) is 1.82. The first-order chi connectivity index (χ1) is 45.1. The minimum absolute atomic E-state index is 0.00312. The standard InChI is InChI=1S/C27H38N3O9PS.C21H39BO11P2S.C8H16BO5PS/c1-19(2)24-13-15-35-26(24)17-37-40(31,32)39-25-14-16-36-27(25)18-38-41(33,34)23-11-7-21(8-12-23)29-28-20-5-9-22(10-6-20)30(3)4;1-13(2)15-5-7-27-18(15)11-30-34(23,24)32-16-6-8-28-20(16)12-36-35(25,26)33-17-9-21(22)31-19(17)10-29-14(3)4;1-5(2)12-4-7-6(3-8(9)13-7)14-15(10,11)16/h5-12,19,24-27H,13-18H2,1-4H3,(H,31,32);13-21H,5-12H2,1-4H3,(H,23,24)(H,25,26);5-8H,3-4H2,1-2H3,(H2,10,11,16)/p-3/i15T,16T;7T,8T;. The molecule has 6 saturated heterocycles. The molecule has 0 amide bonds. The second-order valence-corrected chi connectivity index (χ2v) is 34.6. The molecule has 0 aliphatic carbocycles. The van der Waals surface area contributed by atoms with Gasteiger partial charge in [-0.2, -0.15) is 18.6 Å². The van der Waals surface area contributed by atoms with Gasteiger partial charge in [-0.3, -0.25) is 26.8 Å². The SMILES string of the molecule is [3H]C1CC(OP(=O)(O)OCC2OC([3H])CC2C(C)C)C(COS(=O)(=O)c2ccc(N=Nc3ccc(N(C)C)cc3)cc2)O1.[3H]C1CC(OP(=O)(O)OCC2OC([3H])CC2C(C)C)C(CSP(=O)([O-])OC2CC([B])OC2COC(C)C)O1.[B]C1CC(OP([O-])([O-])=S)C(COC(C)C)O1. The van der Waals surface area contributed by atoms with Gasteiger partial charge in [-0.1, -0.05) is 45.8 Å². The quantitative estimate of drug-likeness (QED) is 0.0326. The zero-order valence-corrected chi connectivity index (χ0v) is 59.6. The van der Waals surface area contributed by atoms with Crippen LogP contribution in [0.15, 0.2) is 63.7 Å². The minimum Gasteiger partial charge on any atom is -0.812 e. The summed E-state index contributed by atoms with van der Waals surface area (Å²) in [6.07, 6.45) is -6.64. The van der Waals surface area contributed by atoms with E-state index in [-0.39, 0.29) is 92.2 Å². The third-order valence-electron chi connectivity index (χ3n) is 15.0. The number of hydrogen-bond donors (Lipinski definition) is 2. The van der Waals surface area contributed by atoms with Crippen LogP contribution < -0.4 is 19.6 Å². The van der Waals surface area contributed by atoms with Gasteiger partial charge in [0.2, 0.25) is 0 Å². The number of rotatable bonds is 32. The smallest absolute Gasteiger partial charge is 0.472 e. The van der Waals surface area contributed by atoms with Gasteiger partial charge in [0.25, 0.3) is 10.1 Å². The monoisotopic (exact) mass is 1450 g/mol. The Bertz CT molecular complexity index is 3100. The van der Waals surface area contributed by atoms with Gasteiger partial charge >= 0.3 is 15.6 Å². The molecule has 2 N–H and O–H groups in total. The maximum absolute atomic E-state index is 12.8. The van der Waals surface area contributed by atoms with Crippen molar-refractivity contribution in [3.8, 4) is 0 Å². The molecule has 6 aliphatic rings. The molecule has 2 aromatic carbocycles. The van der Waals surface area contributed by atoms with E-state index in [4.69, 9.17) is 90.4 Å². The molecule has 37 heteroatoms. The average molecular weight is 1460 g/mol. The van der Waals surface area contributed by atoms with Crippen LogP contribution in [0.1, 0.15) is 99.4 Å². The van der Waals surface area contributed by atoms with Gasteiger partial charge in [-0.05, 0) is 126 Å². The van der Waals surface area contributed by atoms with E-state index in [1.807, 2.05) is 98.7 Å². The van der Waals surface area contributed by atoms with Gasteiger partial charge in [0.15, 0.2) is 6.80 Å². The van der Waals surface area contributed by atoms with Crippen LogP contribution in [0.25, 0.3) is 0 Å². The Morgan fingerprint density at radius 1 is 0.613 bits per heavy atom. The van der Waals surface area contributed by atoms with E-state index in [0.29, 0.717) is 42.0 Å². The lowest BCUT2D eigenvalue weighted by Crippen LogP contribution is -2.32. The number of phosphoric acid groups is 2. The van der Waals surface area contributed by atoms with Gasteiger partial charge in [-0.15, -0.1) is 11.8 Å². The number of benzene rings is 2. The van der Waals surface area contributed by atoms with Crippen LogP contribution in [0.4, 0.5) is 17.1 Å². The van der Waals surface area contributed by atoms with Crippen LogP contribution in [-0.2, 0) is 105 Å². The lowest BCUT2D eigenvalue weighted by atomic mass is 9.90. The molecule has 0 aromatic heterocycles. The maximum atomic E-state index is 12.8. The summed E-state index contributed by atoms with van der Waals surface area (Å²) >= 11 is 4.65. The van der Waals surface area contributed by atoms with Crippen molar-refractivity contribution in [2.45, 2.75) is 184 Å². The molecule has 4 radical (unpaired) electrons. The van der Waals surface area contributed by atoms with E-state index in [2.05, 4.69) is 22.0 Å². The summed E-state index contributed by atoms with van der Waals surface area (Å²) in [7, 11) is 1.77. The molecule has 28 nitrogen and oxygen atoms in total. The third kappa shape index (κ3) is 28.0. The molecule has 6 aliphatic heterocycles. The van der Waals surface area contributed by atoms with Crippen molar-refractivity contribution >= 4 is 95.2 Å². The van der Waals surface area contributed by atoms with Crippen LogP contribution in [0.5, 0.6) is 0 Å². The van der Waals surface area contributed by atoms with Crippen LogP contribution >= 0.6 is 40.5 Å². The Morgan fingerprint density at radius 2 is 1.03 bits per heavy atom. The van der Waals surface area contributed by atoms with Crippen molar-refractivity contribution in [1.82, 2.24) is 0 Å². The summed E-state index contributed by atoms with van der Waals surface area (Å²) in [4.78, 5) is 56.9. The van der Waals surface area contributed by atoms with Crippen molar-refractivity contribution in [1.29, 1.82) is 0 Å². The molecule has 0 bridgehead atoms. The molecule has 6 heterocycles. The largest absolute Gasteiger partial charge is 0.812 e. The summed E-state index contributed by atoms with van der Waals surface area (Å²) in [6.45, 7) is 2.37. The molecule has 8 rings (SSSR count). The third-order valence-corrected chi connectivity index (χ3v) is 22.1. The van der Waals surface area contributed by atoms with Gasteiger partial charge in [0.05, 0.1) is 104 Å². The van der Waals surface area contributed by atoms with Crippen molar-refractivity contribution < 1.29 is 121 Å². The number of azo groups is 1. The van der Waals surface area contributed by atoms with E-state index < -0.39 is 145 Å². The molecule has 93 heavy (non-hydrogen) atoms. The molecule has 0 spiro atoms. The highest BCUT2D eigenvalue weighted by Gasteiger charge is 2.43. The zero-order valence-electron chi connectivity index (χ0n) is 57.6. The summed E-state index contributed by atoms with van der Waals surface area (Å²) < 4.78 is 175. The topological polar surface area (TPSA) is 361 Å². The van der Waals surface area contributed by atoms with Crippen molar-refractivity contribution in [2.24, 2.45) is 33.9 Å². The highest BCUT2D eigenvalue weighted by molar-refractivity contribution is 8.54. The van der Waals surface area contributed by atoms with E-state index >= 15 is 0 Å². The van der Waals surface area contributed by atoms with Gasteiger partial charge in [-0.25, -0.2) is 9.13 Å². The fraction of sp³-hybridized carbons (Fsp3) is 0.786. The van der Waals surface area contributed by atoms with Crippen LogP contribution in [-0.4, -0.2) is 198 Å². The summed E-state index contributed by atoms with van der Waals surface area (Å²) in [6, 6.07) is 11.8. The number of anilines is 1. The fourth-order valence-electron chi connectivity index (χ4n) is 10.0. The Labute approximate surface area is 564 Å². The molecule has 2 aromatic rings. The van der Waals surface area contributed by atoms with Gasteiger partial charge in [0.1, 0.15) is 40.1 Å². The Morgan fingerprint density at radius 3 is 1.47 bits per heavy atom. The number of phosphoric ester groups is 2. The predicted molar refractivity (Wildman–Crippen MR) is 344 cm³/mol. The maximum Gasteiger partial charge on any atom is 0.472 e. The number of nitrogens with zero attached hydrogens (tertiary/aromatic N) is 3. The fourth-order valence-corrected chi connectivity index (χ4v) is 16.5. The summed E-state index contributed by atoms with van der Waals surface area (Å²) in [5.41, 5.74) is 2.08. The Balaban J connectivity index is 0.000000252. The minimum atomic E-state index is -4.63. The molecule has 6 fully saturated rings. The molecular formula is C56H90B2N3O25P4S3-3. The highest BCUT2D eigenvalue weighted by atomic mass is 32.7. The molecular weight excluding hydrogens is 1360 g/mol. The van der Waals surface area contributed by atoms with Crippen LogP contribution in [0.2, 0.25) is 0 Å². The molecule has 0 saturated carbocycles. The predicted octanol–water partition coefficient (Wildman–Crippen LogP) is 6.88. The number of hydrogen-bond acceptors (Lipinski definition) is 28. The van der Waals surface area contributed by atoms with E-state index in [9.17, 15) is 46.6 Å². The first kappa shape index (κ1) is 74.5. The number of ether oxygens (including phenoxy) is 8. The zero-order chi connectivity index (χ0) is 72.0. The first-order valence-corrected chi connectivity index (χ1v) is 40.4. The second-order valence-electron chi connectivity index (χ2n) is 23.9. The molecule has 526 valence electrons. The van der Waals surface area contributed by atoms with Crippen LogP contribution in [0, 0.1) is 23.7 Å². The van der Waals surface area contributed by atoms with Crippen molar-refractivity contribution in [3.05, 3.63) is 48.5 Å². The molecule has 21 atom stereocenters. The Kier molecular flexibility index (Phi) is 30.0. The van der Waals surface area contributed by atoms with Crippen LogP contribution in [0.3, 0.4) is 0 Å². The molecule has 21 unspecified atom stereocenters. The lowest BCUT2D eigenvalue weighted by Gasteiger charge is -2.38. The van der Waals surface area contributed by atoms with Gasteiger partial charge < -0.3 is 76.3 Å². The summed E-state index contributed by atoms with van der Waals surface area (Å²) in [5, 5.41) is 8.29. The lowest BCUT2D eigenvalue weighted by molar-refractivity contribution is -0.325. The van der Waals surface area contributed by atoms with E-state index in [0.717, 1.165) is 5.69 Å². The van der Waals surface area contributed by atoms with Crippen molar-refractivity contribution in [2.75, 3.05) is 84.1 Å². The first-order valence-electron chi connectivity index (χ1n) is 32.7. The highest BCUT2D eigenvalue weighted by Crippen LogP contribution is 2.56. The van der Waals surface area contributed by atoms with E-state index in [1.165, 1.54) is 24.3 Å². The normalized spacial score (nSPS) is 34.2. The van der Waals surface area contributed by atoms with Gasteiger partial charge in [0, 0.05) is 76.7 Å². The Hall–Kier alpha value is -1.19.